The van der Waals surface area contributed by atoms with Crippen molar-refractivity contribution < 1.29 is 119 Å². The molecule has 0 aliphatic carbocycles. The minimum atomic E-state index is -2.09. The Bertz CT molecular complexity index is 4380. The largest absolute Gasteiger partial charge is 0.467 e. The molecule has 16 atom stereocenters. The minimum absolute atomic E-state index is 0.0141. The van der Waals surface area contributed by atoms with Gasteiger partial charge in [-0.25, -0.2) is 43.2 Å². The first-order chi connectivity index (χ1) is 53.4. The Labute approximate surface area is 637 Å². The highest BCUT2D eigenvalue weighted by Gasteiger charge is 2.60. The fourth-order valence-electron chi connectivity index (χ4n) is 12.2. The molecule has 11 rings (SSSR count). The van der Waals surface area contributed by atoms with Gasteiger partial charge in [0.1, 0.15) is 31.0 Å². The Kier molecular flexibility index (Phi) is 28.3. The summed E-state index contributed by atoms with van der Waals surface area (Å²) in [5.41, 5.74) is 0.159. The number of hydrogen-bond acceptors (Lipinski definition) is 26. The monoisotopic (exact) mass is 1520 g/mol. The highest BCUT2D eigenvalue weighted by Crippen LogP contribution is 2.40. The summed E-state index contributed by atoms with van der Waals surface area (Å²) >= 11 is 1.28. The van der Waals surface area contributed by atoms with Crippen LogP contribution in [0.4, 0.5) is 0 Å². The number of rotatable bonds is 30. The van der Waals surface area contributed by atoms with Crippen molar-refractivity contribution in [3.05, 3.63) is 287 Å². The molecule has 3 fully saturated rings. The molecule has 0 unspecified atom stereocenters. The predicted molar refractivity (Wildman–Crippen MR) is 391 cm³/mol. The van der Waals surface area contributed by atoms with E-state index in [4.69, 9.17) is 71.1 Å². The summed E-state index contributed by atoms with van der Waals surface area (Å²) in [5.74, 6) is -8.53. The molecule has 3 aliphatic rings. The van der Waals surface area contributed by atoms with Crippen LogP contribution in [0, 0.1) is 0 Å². The van der Waals surface area contributed by atoms with Crippen molar-refractivity contribution in [2.75, 3.05) is 31.8 Å². The topological polar surface area (TPSA) is 321 Å². The second-order valence-corrected chi connectivity index (χ2v) is 26.5. The number of amides is 1. The number of benzene rings is 8. The number of esters is 9. The van der Waals surface area contributed by atoms with Crippen LogP contribution in [0.3, 0.4) is 0 Å². The number of nitrogens with one attached hydrogen (secondary N) is 1. The van der Waals surface area contributed by atoms with E-state index in [1.54, 1.807) is 146 Å². The van der Waals surface area contributed by atoms with Crippen LogP contribution in [0.15, 0.2) is 243 Å². The number of ether oxygens (including phenoxy) is 15. The Hall–Kier alpha value is -11.4. The fourth-order valence-corrected chi connectivity index (χ4v) is 13.1. The first-order valence-electron chi connectivity index (χ1n) is 35.3. The van der Waals surface area contributed by atoms with E-state index in [1.807, 2.05) is 0 Å². The Balaban J connectivity index is 1.05. The molecular weight excluding hydrogens is 1440 g/mol. The highest BCUT2D eigenvalue weighted by molar-refractivity contribution is 7.99. The van der Waals surface area contributed by atoms with E-state index in [2.05, 4.69) is 5.32 Å². The zero-order valence-electron chi connectivity index (χ0n) is 60.0. The van der Waals surface area contributed by atoms with Gasteiger partial charge in [0.05, 0.1) is 70.4 Å². The summed E-state index contributed by atoms with van der Waals surface area (Å²) < 4.78 is 97.3. The molecule has 1 N–H and O–H groups in total. The SMILES string of the molecule is COC(=O)[C@H](CSCCCO[C@H]1O[C@H](COC(=O)c2ccccc2)[C@H](O[C@H]2O[C@H](C)[C@@H](OC(=O)c3ccccc3)[C@H](O[C@H]3O[C@H](C)[C@@H](OC(=O)c4ccccc4)[C@H](OC(=O)c4ccccc4)[C@@H]3OC(=O)c3ccccc3)[C@@H]2OC(=O)c2ccccc2)[C@H](OC(=O)c2ccccc2)[C@H]1OC(=O)c1ccccc1)NC(C)=O. The lowest BCUT2D eigenvalue weighted by atomic mass is 9.95. The molecule has 0 radical (unpaired) electrons. The molecule has 3 aliphatic heterocycles. The lowest BCUT2D eigenvalue weighted by Crippen LogP contribution is -2.68. The van der Waals surface area contributed by atoms with Gasteiger partial charge in [-0.3, -0.25) is 4.79 Å². The lowest BCUT2D eigenvalue weighted by Gasteiger charge is -2.50. The van der Waals surface area contributed by atoms with Gasteiger partial charge in [-0.1, -0.05) is 146 Å². The molecule has 0 bridgehead atoms. The highest BCUT2D eigenvalue weighted by atomic mass is 32.2. The minimum Gasteiger partial charge on any atom is -0.467 e. The van der Waals surface area contributed by atoms with Crippen LogP contribution in [0.5, 0.6) is 0 Å². The van der Waals surface area contributed by atoms with E-state index in [0.29, 0.717) is 5.75 Å². The van der Waals surface area contributed by atoms with Crippen molar-refractivity contribution in [2.45, 2.75) is 125 Å². The average Bonchev–Trinajstić information content (AvgIpc) is 0.757. The second-order valence-electron chi connectivity index (χ2n) is 25.4. The van der Waals surface area contributed by atoms with Gasteiger partial charge in [0, 0.05) is 12.7 Å². The molecular formula is C83H79NO25S. The molecule has 3 heterocycles. The molecule has 26 nitrogen and oxygen atoms in total. The Morgan fingerprint density at radius 1 is 0.364 bits per heavy atom. The van der Waals surface area contributed by atoms with Gasteiger partial charge in [-0.15, -0.1) is 0 Å². The smallest absolute Gasteiger partial charge is 0.338 e. The van der Waals surface area contributed by atoms with Crippen LogP contribution in [0.25, 0.3) is 0 Å². The van der Waals surface area contributed by atoms with Crippen LogP contribution < -0.4 is 5.32 Å². The summed E-state index contributed by atoms with van der Waals surface area (Å²) in [6.45, 7) is 3.24. The standard InChI is InChI=1S/C83H79NO25S/c1-50-63(101-73(87)54-32-15-6-16-33-54)66(103-75(89)56-36-19-8-20-37-56)70(106-78(92)59-42-25-11-26-43-59)83(99-50)109-67-64(102-74(88)55-34-17-7-18-35-55)51(2)98-82(71(67)107-79(93)60-44-27-12-28-45-60)108-65-62(48-97-72(86)53-30-13-5-14-31-53)100-81(96-46-29-47-110-49-61(80(94)95-4)84-52(3)85)69(105-77(91)58-40-23-10-24-41-58)68(65)104-76(90)57-38-21-9-22-39-57/h5-28,30-45,50-51,61-71,81-83H,29,46-49H2,1-4H3,(H,84,85)/t50-,51-,61+,62-,63-,64-,65+,66+,67+,68+,69-,70+,71+,81+,82-,83-/m1/s1. The fraction of sp³-hybridized carbons (Fsp3) is 0.301. The quantitative estimate of drug-likeness (QED) is 0.0248. The molecule has 27 heteroatoms. The maximum Gasteiger partial charge on any atom is 0.338 e. The zero-order chi connectivity index (χ0) is 77.5. The van der Waals surface area contributed by atoms with Gasteiger partial charge >= 0.3 is 53.7 Å². The maximum absolute atomic E-state index is 15.2. The molecule has 8 aromatic rings. The number of hydrogen-bond donors (Lipinski definition) is 1. The first-order valence-corrected chi connectivity index (χ1v) is 36.4. The summed E-state index contributed by atoms with van der Waals surface area (Å²) in [7, 11) is 1.19. The molecule has 1 amide bonds. The van der Waals surface area contributed by atoms with Gasteiger partial charge in [-0.05, 0) is 123 Å². The van der Waals surface area contributed by atoms with Crippen LogP contribution in [-0.4, -0.2) is 190 Å². The number of thioether (sulfide) groups is 1. The van der Waals surface area contributed by atoms with Gasteiger partial charge in [-0.2, -0.15) is 11.8 Å². The molecule has 110 heavy (non-hydrogen) atoms. The Morgan fingerprint density at radius 3 is 1.00 bits per heavy atom. The van der Waals surface area contributed by atoms with Gasteiger partial charge in [0.25, 0.3) is 0 Å². The van der Waals surface area contributed by atoms with Crippen LogP contribution in [-0.2, 0) is 80.6 Å². The summed E-state index contributed by atoms with van der Waals surface area (Å²) in [6.07, 6.45) is -27.1. The Morgan fingerprint density at radius 2 is 0.655 bits per heavy atom. The third kappa shape index (κ3) is 21.1. The summed E-state index contributed by atoms with van der Waals surface area (Å²) in [6, 6.07) is 61.1. The van der Waals surface area contributed by atoms with Crippen LogP contribution >= 0.6 is 11.8 Å². The van der Waals surface area contributed by atoms with E-state index in [0.717, 1.165) is 0 Å². The third-order valence-electron chi connectivity index (χ3n) is 17.6. The summed E-state index contributed by atoms with van der Waals surface area (Å²) in [5, 5.41) is 2.57. The molecule has 572 valence electrons. The van der Waals surface area contributed by atoms with Crippen molar-refractivity contribution in [1.29, 1.82) is 0 Å². The van der Waals surface area contributed by atoms with Crippen molar-refractivity contribution >= 4 is 71.4 Å². The van der Waals surface area contributed by atoms with E-state index >= 15 is 9.59 Å². The molecule has 0 spiro atoms. The van der Waals surface area contributed by atoms with Crippen LogP contribution in [0.2, 0.25) is 0 Å². The molecule has 0 aromatic heterocycles. The molecule has 0 saturated carbocycles. The van der Waals surface area contributed by atoms with Gasteiger partial charge < -0.3 is 76.4 Å². The van der Waals surface area contributed by atoms with Gasteiger partial charge in [0.15, 0.2) is 61.6 Å². The van der Waals surface area contributed by atoms with Crippen molar-refractivity contribution in [3.63, 3.8) is 0 Å². The van der Waals surface area contributed by atoms with E-state index in [1.165, 1.54) is 137 Å². The number of carbonyl (C=O) groups is 10. The number of methoxy groups -OCH3 is 1. The van der Waals surface area contributed by atoms with E-state index in [-0.39, 0.29) is 63.3 Å². The zero-order valence-corrected chi connectivity index (χ0v) is 60.8. The van der Waals surface area contributed by atoms with E-state index < -0.39 is 164 Å². The third-order valence-corrected chi connectivity index (χ3v) is 18.8. The van der Waals surface area contributed by atoms with Crippen molar-refractivity contribution in [3.8, 4) is 0 Å². The van der Waals surface area contributed by atoms with Gasteiger partial charge in [0.2, 0.25) is 5.91 Å². The van der Waals surface area contributed by atoms with E-state index in [9.17, 15) is 38.4 Å². The molecule has 3 saturated heterocycles. The lowest BCUT2D eigenvalue weighted by molar-refractivity contribution is -0.373. The first kappa shape index (κ1) is 79.6. The number of carbonyl (C=O) groups excluding carboxylic acids is 10. The molecule has 8 aromatic carbocycles. The van der Waals surface area contributed by atoms with Crippen molar-refractivity contribution in [1.82, 2.24) is 5.32 Å². The summed E-state index contributed by atoms with van der Waals surface area (Å²) in [4.78, 5) is 142. The normalized spacial score (nSPS) is 23.7. The maximum atomic E-state index is 15.2. The predicted octanol–water partition coefficient (Wildman–Crippen LogP) is 10.2. The van der Waals surface area contributed by atoms with Crippen molar-refractivity contribution in [2.24, 2.45) is 0 Å². The van der Waals surface area contributed by atoms with Crippen LogP contribution in [0.1, 0.15) is 110 Å². The average molecular weight is 1520 g/mol. The second kappa shape index (κ2) is 39.1.